The van der Waals surface area contributed by atoms with Gasteiger partial charge in [0.25, 0.3) is 5.91 Å². The van der Waals surface area contributed by atoms with E-state index in [-0.39, 0.29) is 0 Å². The van der Waals surface area contributed by atoms with Crippen molar-refractivity contribution >= 4 is 11.7 Å². The molecule has 0 aliphatic carbocycles. The molecule has 0 unspecified atom stereocenters. The van der Waals surface area contributed by atoms with E-state index in [1.165, 1.54) is 4.90 Å². The Hall–Kier alpha value is -1.64. The molecule has 0 heterocycles. The van der Waals surface area contributed by atoms with E-state index in [9.17, 15) is 9.59 Å². The summed E-state index contributed by atoms with van der Waals surface area (Å²) in [6.07, 6.45) is 0. The Morgan fingerprint density at radius 1 is 1.07 bits per heavy atom. The molecule has 74 valence electrons. The highest BCUT2D eigenvalue weighted by molar-refractivity contribution is 6.42. The Balaban J connectivity index is 2.90. The SMILES string of the molecule is Cc1ccc(C(=O)C(=O)N(C)C)cc1. The number of carbonyl (C=O) groups is 2. The first-order chi connectivity index (χ1) is 6.52. The van der Waals surface area contributed by atoms with Crippen LogP contribution in [0.15, 0.2) is 24.3 Å². The van der Waals surface area contributed by atoms with Gasteiger partial charge in [-0.15, -0.1) is 0 Å². The van der Waals surface area contributed by atoms with Crippen molar-refractivity contribution in [3.05, 3.63) is 35.4 Å². The number of hydrogen-bond donors (Lipinski definition) is 0. The molecule has 0 fully saturated rings. The Morgan fingerprint density at radius 2 is 1.57 bits per heavy atom. The fourth-order valence-corrected chi connectivity index (χ4v) is 1.03. The molecule has 0 aliphatic heterocycles. The third-order valence-corrected chi connectivity index (χ3v) is 1.91. The number of benzene rings is 1. The van der Waals surface area contributed by atoms with Gasteiger partial charge in [0.15, 0.2) is 0 Å². The molecule has 0 atom stereocenters. The van der Waals surface area contributed by atoms with E-state index in [1.54, 1.807) is 26.2 Å². The fraction of sp³-hybridized carbons (Fsp3) is 0.273. The van der Waals surface area contributed by atoms with E-state index in [0.717, 1.165) is 5.56 Å². The lowest BCUT2D eigenvalue weighted by Crippen LogP contribution is -2.29. The molecule has 1 rings (SSSR count). The van der Waals surface area contributed by atoms with Crippen LogP contribution in [0.1, 0.15) is 15.9 Å². The normalized spacial score (nSPS) is 9.64. The summed E-state index contributed by atoms with van der Waals surface area (Å²) in [5, 5.41) is 0. The van der Waals surface area contributed by atoms with Crippen LogP contribution < -0.4 is 0 Å². The summed E-state index contributed by atoms with van der Waals surface area (Å²) >= 11 is 0. The molecule has 0 aliphatic rings. The van der Waals surface area contributed by atoms with Gasteiger partial charge >= 0.3 is 0 Å². The molecular weight excluding hydrogens is 178 g/mol. The van der Waals surface area contributed by atoms with Gasteiger partial charge in [-0.3, -0.25) is 9.59 Å². The summed E-state index contributed by atoms with van der Waals surface area (Å²) in [6, 6.07) is 6.96. The summed E-state index contributed by atoms with van der Waals surface area (Å²) in [7, 11) is 3.13. The van der Waals surface area contributed by atoms with E-state index in [2.05, 4.69) is 0 Å². The number of aryl methyl sites for hydroxylation is 1. The van der Waals surface area contributed by atoms with E-state index in [4.69, 9.17) is 0 Å². The fourth-order valence-electron chi connectivity index (χ4n) is 1.03. The maximum Gasteiger partial charge on any atom is 0.294 e. The molecule has 0 saturated heterocycles. The predicted octanol–water partition coefficient (Wildman–Crippen LogP) is 1.27. The number of likely N-dealkylation sites (N-methyl/N-ethyl adjacent to an activating group) is 1. The van der Waals surface area contributed by atoms with Gasteiger partial charge in [0.2, 0.25) is 5.78 Å². The van der Waals surface area contributed by atoms with Gasteiger partial charge in [0, 0.05) is 19.7 Å². The lowest BCUT2D eigenvalue weighted by molar-refractivity contribution is -0.124. The van der Waals surface area contributed by atoms with Gasteiger partial charge in [0.1, 0.15) is 0 Å². The van der Waals surface area contributed by atoms with Gasteiger partial charge in [-0.05, 0) is 6.92 Å². The molecule has 3 heteroatoms. The number of nitrogens with zero attached hydrogens (tertiary/aromatic N) is 1. The van der Waals surface area contributed by atoms with Gasteiger partial charge < -0.3 is 4.90 Å². The van der Waals surface area contributed by atoms with Gasteiger partial charge in [-0.25, -0.2) is 0 Å². The van der Waals surface area contributed by atoms with Crippen molar-refractivity contribution in [2.24, 2.45) is 0 Å². The second-order valence-electron chi connectivity index (χ2n) is 3.39. The molecule has 1 aromatic carbocycles. The zero-order valence-electron chi connectivity index (χ0n) is 8.57. The molecule has 1 amide bonds. The highest BCUT2D eigenvalue weighted by atomic mass is 16.2. The maximum absolute atomic E-state index is 11.5. The maximum atomic E-state index is 11.5. The smallest absolute Gasteiger partial charge is 0.294 e. The Bertz CT molecular complexity index is 352. The minimum atomic E-state index is -0.492. The summed E-state index contributed by atoms with van der Waals surface area (Å²) in [6.45, 7) is 1.93. The quantitative estimate of drug-likeness (QED) is 0.521. The van der Waals surface area contributed by atoms with Crippen LogP contribution in [0.3, 0.4) is 0 Å². The zero-order chi connectivity index (χ0) is 10.7. The average Bonchev–Trinajstić information content (AvgIpc) is 2.16. The van der Waals surface area contributed by atoms with Crippen molar-refractivity contribution in [2.45, 2.75) is 6.92 Å². The lowest BCUT2D eigenvalue weighted by atomic mass is 10.1. The van der Waals surface area contributed by atoms with Gasteiger partial charge in [-0.2, -0.15) is 0 Å². The van der Waals surface area contributed by atoms with Crippen molar-refractivity contribution < 1.29 is 9.59 Å². The molecule has 3 nitrogen and oxygen atoms in total. The summed E-state index contributed by atoms with van der Waals surface area (Å²) in [5.41, 5.74) is 1.51. The minimum Gasteiger partial charge on any atom is -0.342 e. The van der Waals surface area contributed by atoms with Crippen LogP contribution in [0.25, 0.3) is 0 Å². The zero-order valence-corrected chi connectivity index (χ0v) is 8.57. The highest BCUT2D eigenvalue weighted by Crippen LogP contribution is 2.04. The Morgan fingerprint density at radius 3 is 2.00 bits per heavy atom. The van der Waals surface area contributed by atoms with E-state index in [0.29, 0.717) is 5.56 Å². The highest BCUT2D eigenvalue weighted by Gasteiger charge is 2.17. The first kappa shape index (κ1) is 10.4. The summed E-state index contributed by atoms with van der Waals surface area (Å²) in [4.78, 5) is 24.1. The van der Waals surface area contributed by atoms with E-state index in [1.807, 2.05) is 19.1 Å². The minimum absolute atomic E-state index is 0.439. The molecule has 0 aromatic heterocycles. The van der Waals surface area contributed by atoms with Crippen LogP contribution in [0.5, 0.6) is 0 Å². The Labute approximate surface area is 83.3 Å². The molecule has 1 aromatic rings. The van der Waals surface area contributed by atoms with Crippen molar-refractivity contribution in [1.82, 2.24) is 4.90 Å². The van der Waals surface area contributed by atoms with Crippen molar-refractivity contribution in [2.75, 3.05) is 14.1 Å². The summed E-state index contributed by atoms with van der Waals surface area (Å²) < 4.78 is 0. The van der Waals surface area contributed by atoms with Crippen LogP contribution in [0.4, 0.5) is 0 Å². The number of carbonyl (C=O) groups excluding carboxylic acids is 2. The van der Waals surface area contributed by atoms with Crippen molar-refractivity contribution in [3.63, 3.8) is 0 Å². The number of rotatable bonds is 2. The number of amides is 1. The van der Waals surface area contributed by atoms with Crippen LogP contribution in [-0.2, 0) is 4.79 Å². The number of hydrogen-bond acceptors (Lipinski definition) is 2. The monoisotopic (exact) mass is 191 g/mol. The average molecular weight is 191 g/mol. The Kier molecular flexibility index (Phi) is 3.02. The molecule has 0 saturated carbocycles. The van der Waals surface area contributed by atoms with Crippen molar-refractivity contribution in [1.29, 1.82) is 0 Å². The first-order valence-electron chi connectivity index (χ1n) is 4.35. The van der Waals surface area contributed by atoms with E-state index < -0.39 is 11.7 Å². The lowest BCUT2D eigenvalue weighted by Gasteiger charge is -2.08. The van der Waals surface area contributed by atoms with Crippen LogP contribution in [0, 0.1) is 6.92 Å². The molecule has 0 N–H and O–H groups in total. The molecule has 0 spiro atoms. The van der Waals surface area contributed by atoms with Crippen molar-refractivity contribution in [3.8, 4) is 0 Å². The summed E-state index contributed by atoms with van der Waals surface area (Å²) in [5.74, 6) is -0.955. The first-order valence-corrected chi connectivity index (χ1v) is 4.35. The van der Waals surface area contributed by atoms with E-state index >= 15 is 0 Å². The number of Topliss-reactive ketones (excluding diaryl/α,β-unsaturated/α-hetero) is 1. The second kappa shape index (κ2) is 4.05. The third kappa shape index (κ3) is 2.19. The largest absolute Gasteiger partial charge is 0.342 e. The van der Waals surface area contributed by atoms with Gasteiger partial charge in [-0.1, -0.05) is 29.8 Å². The van der Waals surface area contributed by atoms with Crippen LogP contribution >= 0.6 is 0 Å². The topological polar surface area (TPSA) is 37.4 Å². The second-order valence-corrected chi connectivity index (χ2v) is 3.39. The standard InChI is InChI=1S/C11H13NO2/c1-8-4-6-9(7-5-8)10(13)11(14)12(2)3/h4-7H,1-3H3. The molecule has 0 bridgehead atoms. The van der Waals surface area contributed by atoms with Gasteiger partial charge in [0.05, 0.1) is 0 Å². The molecule has 14 heavy (non-hydrogen) atoms. The third-order valence-electron chi connectivity index (χ3n) is 1.91. The number of ketones is 1. The predicted molar refractivity (Wildman–Crippen MR) is 54.2 cm³/mol. The molecule has 0 radical (unpaired) electrons. The van der Waals surface area contributed by atoms with Crippen LogP contribution in [-0.4, -0.2) is 30.7 Å². The van der Waals surface area contributed by atoms with Crippen LogP contribution in [0.2, 0.25) is 0 Å². The molecular formula is C11H13NO2.